The van der Waals surface area contributed by atoms with Gasteiger partial charge < -0.3 is 15.2 Å². The zero-order valence-corrected chi connectivity index (χ0v) is 16.1. The van der Waals surface area contributed by atoms with E-state index in [0.29, 0.717) is 5.92 Å². The lowest BCUT2D eigenvalue weighted by Gasteiger charge is -2.30. The Bertz CT molecular complexity index is 956. The number of fused-ring (bicyclic) bond motifs is 2. The second-order valence-corrected chi connectivity index (χ2v) is 7.13. The number of guanidine groups is 1. The smallest absolute Gasteiger partial charge is 0.190 e. The first-order valence-corrected chi connectivity index (χ1v) is 9.70. The maximum Gasteiger partial charge on any atom is 0.190 e. The second kappa shape index (κ2) is 7.82. The molecule has 0 aliphatic heterocycles. The van der Waals surface area contributed by atoms with Crippen LogP contribution in [0.4, 0.5) is 0 Å². The molecule has 0 amide bonds. The molecule has 3 aromatic rings. The highest BCUT2D eigenvalue weighted by Crippen LogP contribution is 2.33. The number of aliphatic imine (C=N–C) groups is 1. The van der Waals surface area contributed by atoms with Crippen LogP contribution in [-0.2, 0) is 13.0 Å². The summed E-state index contributed by atoms with van der Waals surface area (Å²) in [5, 5.41) is 6.90. The molecular formula is C22H27N5. The Morgan fingerprint density at radius 3 is 2.81 bits per heavy atom. The number of nitrogens with zero attached hydrogens (tertiary/aromatic N) is 3. The molecule has 0 fully saturated rings. The standard InChI is InChI=1S/C22H27N5/c1-16-26-20-10-5-6-11-21(20)27(16)13-7-12-24-22(23-2)25-15-18-14-17-8-3-4-9-19(17)18/h3-6,8-11,18H,7,12-15H2,1-2H3,(H2,23,24,25). The average molecular weight is 361 g/mol. The molecule has 1 aromatic heterocycles. The second-order valence-electron chi connectivity index (χ2n) is 7.13. The summed E-state index contributed by atoms with van der Waals surface area (Å²) in [7, 11) is 1.83. The maximum absolute atomic E-state index is 4.63. The van der Waals surface area contributed by atoms with Gasteiger partial charge in [0.05, 0.1) is 11.0 Å². The third-order valence-electron chi connectivity index (χ3n) is 5.40. The van der Waals surface area contributed by atoms with E-state index < -0.39 is 0 Å². The van der Waals surface area contributed by atoms with E-state index in [9.17, 15) is 0 Å². The van der Waals surface area contributed by atoms with Gasteiger partial charge in [0.15, 0.2) is 5.96 Å². The summed E-state index contributed by atoms with van der Waals surface area (Å²) < 4.78 is 2.29. The van der Waals surface area contributed by atoms with Gasteiger partial charge in [0.2, 0.25) is 0 Å². The summed E-state index contributed by atoms with van der Waals surface area (Å²) in [6, 6.07) is 17.0. The summed E-state index contributed by atoms with van der Waals surface area (Å²) in [5.41, 5.74) is 5.24. The molecule has 2 N–H and O–H groups in total. The van der Waals surface area contributed by atoms with Crippen molar-refractivity contribution in [1.82, 2.24) is 20.2 Å². The van der Waals surface area contributed by atoms with Crippen LogP contribution in [-0.4, -0.2) is 35.6 Å². The van der Waals surface area contributed by atoms with Crippen molar-refractivity contribution in [1.29, 1.82) is 0 Å². The highest BCUT2D eigenvalue weighted by atomic mass is 15.2. The van der Waals surface area contributed by atoms with E-state index in [1.165, 1.54) is 16.6 Å². The Labute approximate surface area is 160 Å². The number of rotatable bonds is 6. The monoisotopic (exact) mass is 361 g/mol. The van der Waals surface area contributed by atoms with Gasteiger partial charge in [-0.15, -0.1) is 0 Å². The van der Waals surface area contributed by atoms with Crippen molar-refractivity contribution in [2.24, 2.45) is 4.99 Å². The molecule has 1 atom stereocenters. The lowest BCUT2D eigenvalue weighted by molar-refractivity contribution is 0.578. The molecule has 5 nitrogen and oxygen atoms in total. The summed E-state index contributed by atoms with van der Waals surface area (Å²) in [6.45, 7) is 4.84. The number of hydrogen-bond donors (Lipinski definition) is 2. The van der Waals surface area contributed by atoms with Crippen molar-refractivity contribution in [2.75, 3.05) is 20.1 Å². The number of aromatic nitrogens is 2. The molecule has 5 heteroatoms. The van der Waals surface area contributed by atoms with Crippen LogP contribution in [0.25, 0.3) is 11.0 Å². The SMILES string of the molecule is CN=C(NCCCn1c(C)nc2ccccc21)NCC1Cc2ccccc21. The van der Waals surface area contributed by atoms with Crippen LogP contribution in [0.5, 0.6) is 0 Å². The summed E-state index contributed by atoms with van der Waals surface area (Å²) >= 11 is 0. The largest absolute Gasteiger partial charge is 0.356 e. The minimum atomic E-state index is 0.597. The molecule has 0 radical (unpaired) electrons. The minimum absolute atomic E-state index is 0.597. The molecule has 2 aromatic carbocycles. The predicted octanol–water partition coefficient (Wildman–Crippen LogP) is 3.24. The fraction of sp³-hybridized carbons (Fsp3) is 0.364. The summed E-state index contributed by atoms with van der Waals surface area (Å²) in [5.74, 6) is 2.55. The molecule has 0 saturated heterocycles. The van der Waals surface area contributed by atoms with Crippen LogP contribution >= 0.6 is 0 Å². The highest BCUT2D eigenvalue weighted by molar-refractivity contribution is 5.79. The lowest BCUT2D eigenvalue weighted by Crippen LogP contribution is -2.41. The summed E-state index contributed by atoms with van der Waals surface area (Å²) in [6.07, 6.45) is 2.18. The van der Waals surface area contributed by atoms with Crippen molar-refractivity contribution in [3.05, 3.63) is 65.5 Å². The Kier molecular flexibility index (Phi) is 5.10. The van der Waals surface area contributed by atoms with E-state index >= 15 is 0 Å². The van der Waals surface area contributed by atoms with E-state index in [4.69, 9.17) is 0 Å². The zero-order chi connectivity index (χ0) is 18.6. The van der Waals surface area contributed by atoms with Crippen LogP contribution in [0.3, 0.4) is 0 Å². The van der Waals surface area contributed by atoms with Crippen LogP contribution < -0.4 is 10.6 Å². The zero-order valence-electron chi connectivity index (χ0n) is 16.1. The third-order valence-corrected chi connectivity index (χ3v) is 5.40. The van der Waals surface area contributed by atoms with E-state index in [1.807, 2.05) is 13.1 Å². The van der Waals surface area contributed by atoms with Gasteiger partial charge >= 0.3 is 0 Å². The lowest BCUT2D eigenvalue weighted by atomic mass is 9.78. The average Bonchev–Trinajstić information content (AvgIpc) is 2.99. The first kappa shape index (κ1) is 17.6. The van der Waals surface area contributed by atoms with Crippen molar-refractivity contribution in [2.45, 2.75) is 32.2 Å². The van der Waals surface area contributed by atoms with Gasteiger partial charge in [-0.1, -0.05) is 36.4 Å². The van der Waals surface area contributed by atoms with Crippen molar-refractivity contribution in [3.8, 4) is 0 Å². The van der Waals surface area contributed by atoms with E-state index in [0.717, 1.165) is 49.8 Å². The number of imidazole rings is 1. The molecule has 27 heavy (non-hydrogen) atoms. The molecular weight excluding hydrogens is 334 g/mol. The molecule has 4 rings (SSSR count). The fourth-order valence-corrected chi connectivity index (χ4v) is 3.91. The predicted molar refractivity (Wildman–Crippen MR) is 111 cm³/mol. The highest BCUT2D eigenvalue weighted by Gasteiger charge is 2.25. The third kappa shape index (κ3) is 3.68. The molecule has 1 heterocycles. The molecule has 1 unspecified atom stereocenters. The normalized spacial score (nSPS) is 16.1. The molecule has 140 valence electrons. The van der Waals surface area contributed by atoms with Crippen LogP contribution in [0, 0.1) is 6.92 Å². The Morgan fingerprint density at radius 2 is 1.96 bits per heavy atom. The molecule has 0 spiro atoms. The molecule has 1 aliphatic rings. The molecule has 0 saturated carbocycles. The van der Waals surface area contributed by atoms with Crippen molar-refractivity contribution < 1.29 is 0 Å². The van der Waals surface area contributed by atoms with Gasteiger partial charge in [-0.25, -0.2) is 4.98 Å². The van der Waals surface area contributed by atoms with Gasteiger partial charge in [-0.3, -0.25) is 4.99 Å². The van der Waals surface area contributed by atoms with E-state index in [-0.39, 0.29) is 0 Å². The van der Waals surface area contributed by atoms with Gasteiger partial charge in [-0.05, 0) is 43.0 Å². The van der Waals surface area contributed by atoms with Gasteiger partial charge in [0.1, 0.15) is 5.82 Å². The van der Waals surface area contributed by atoms with Gasteiger partial charge in [0, 0.05) is 32.6 Å². The van der Waals surface area contributed by atoms with Crippen molar-refractivity contribution >= 4 is 17.0 Å². The van der Waals surface area contributed by atoms with E-state index in [2.05, 4.69) is 74.6 Å². The van der Waals surface area contributed by atoms with E-state index in [1.54, 1.807) is 0 Å². The topological polar surface area (TPSA) is 54.2 Å². The van der Waals surface area contributed by atoms with Crippen LogP contribution in [0.2, 0.25) is 0 Å². The molecule has 1 aliphatic carbocycles. The van der Waals surface area contributed by atoms with Gasteiger partial charge in [0.25, 0.3) is 0 Å². The number of aryl methyl sites for hydroxylation is 2. The number of hydrogen-bond acceptors (Lipinski definition) is 2. The minimum Gasteiger partial charge on any atom is -0.356 e. The molecule has 0 bridgehead atoms. The maximum atomic E-state index is 4.63. The van der Waals surface area contributed by atoms with Gasteiger partial charge in [-0.2, -0.15) is 0 Å². The summed E-state index contributed by atoms with van der Waals surface area (Å²) in [4.78, 5) is 8.98. The number of benzene rings is 2. The number of nitrogens with one attached hydrogen (secondary N) is 2. The van der Waals surface area contributed by atoms with Crippen molar-refractivity contribution in [3.63, 3.8) is 0 Å². The number of para-hydroxylation sites is 2. The first-order valence-electron chi connectivity index (χ1n) is 9.70. The Morgan fingerprint density at radius 1 is 1.15 bits per heavy atom. The quantitative estimate of drug-likeness (QED) is 0.403. The Hall–Kier alpha value is -2.82. The Balaban J connectivity index is 1.24. The fourth-order valence-electron chi connectivity index (χ4n) is 3.91. The van der Waals surface area contributed by atoms with Crippen LogP contribution in [0.15, 0.2) is 53.5 Å². The first-order chi connectivity index (χ1) is 13.3. The van der Waals surface area contributed by atoms with Crippen LogP contribution in [0.1, 0.15) is 29.3 Å².